The Hall–Kier alpha value is -0.960. The van der Waals surface area contributed by atoms with E-state index in [1.54, 1.807) is 18.4 Å². The molecule has 0 spiro atoms. The van der Waals surface area contributed by atoms with Crippen molar-refractivity contribution in [2.45, 2.75) is 25.9 Å². The highest BCUT2D eigenvalue weighted by atomic mass is 32.2. The van der Waals surface area contributed by atoms with E-state index in [1.807, 2.05) is 5.38 Å². The molecule has 0 radical (unpaired) electrons. The molecule has 1 atom stereocenters. The van der Waals surface area contributed by atoms with Crippen LogP contribution in [0.2, 0.25) is 0 Å². The average Bonchev–Trinajstić information content (AvgIpc) is 2.90. The lowest BCUT2D eigenvalue weighted by atomic mass is 10.2. The summed E-state index contributed by atoms with van der Waals surface area (Å²) in [6, 6.07) is 1.74. The van der Waals surface area contributed by atoms with Gasteiger partial charge >= 0.3 is 5.97 Å². The van der Waals surface area contributed by atoms with Crippen molar-refractivity contribution in [3.8, 4) is 0 Å². The Kier molecular flexibility index (Phi) is 7.14. The number of carbonyl (C=O) groups is 1. The largest absolute Gasteiger partial charge is 0.466 e. The third-order valence-electron chi connectivity index (χ3n) is 2.52. The first-order valence-electron chi connectivity index (χ1n) is 6.27. The number of sulfonamides is 1. The topological polar surface area (TPSA) is 92.7 Å². The van der Waals surface area contributed by atoms with E-state index in [4.69, 9.17) is 4.74 Å². The molecule has 0 aliphatic heterocycles. The molecule has 0 aliphatic carbocycles. The van der Waals surface area contributed by atoms with E-state index in [9.17, 15) is 18.3 Å². The Morgan fingerprint density at radius 1 is 1.55 bits per heavy atom. The SMILES string of the molecule is CCOC(=O)CCCS(=O)(=O)NC[C@H](O)c1ccsc1. The van der Waals surface area contributed by atoms with Gasteiger partial charge in [-0.3, -0.25) is 4.79 Å². The van der Waals surface area contributed by atoms with E-state index in [0.29, 0.717) is 5.56 Å². The van der Waals surface area contributed by atoms with Gasteiger partial charge in [-0.2, -0.15) is 11.3 Å². The molecular formula is C12H19NO5S2. The number of hydrogen-bond donors (Lipinski definition) is 2. The van der Waals surface area contributed by atoms with Gasteiger partial charge in [0.1, 0.15) is 0 Å². The molecule has 0 aliphatic rings. The summed E-state index contributed by atoms with van der Waals surface area (Å²) in [6.07, 6.45) is -0.592. The summed E-state index contributed by atoms with van der Waals surface area (Å²) in [4.78, 5) is 11.1. The van der Waals surface area contributed by atoms with E-state index in [1.165, 1.54) is 11.3 Å². The maximum atomic E-state index is 11.7. The van der Waals surface area contributed by atoms with Gasteiger partial charge in [0.05, 0.1) is 18.5 Å². The van der Waals surface area contributed by atoms with Crippen LogP contribution in [0.5, 0.6) is 0 Å². The minimum atomic E-state index is -3.49. The van der Waals surface area contributed by atoms with Crippen molar-refractivity contribution < 1.29 is 23.1 Å². The summed E-state index contributed by atoms with van der Waals surface area (Å²) in [6.45, 7) is 1.91. The summed E-state index contributed by atoms with van der Waals surface area (Å²) in [7, 11) is -3.49. The quantitative estimate of drug-likeness (QED) is 0.663. The maximum Gasteiger partial charge on any atom is 0.305 e. The molecule has 1 aromatic heterocycles. The predicted octanol–water partition coefficient (Wildman–Crippen LogP) is 1.04. The summed E-state index contributed by atoms with van der Waals surface area (Å²) >= 11 is 1.43. The van der Waals surface area contributed by atoms with Gasteiger partial charge in [0.2, 0.25) is 10.0 Å². The summed E-state index contributed by atoms with van der Waals surface area (Å²) in [5, 5.41) is 13.3. The standard InChI is InChI=1S/C12H19NO5S2/c1-2-18-12(15)4-3-7-20(16,17)13-8-11(14)10-5-6-19-9-10/h5-6,9,11,13-14H,2-4,7-8H2,1H3/t11-/m0/s1. The molecule has 0 bridgehead atoms. The summed E-state index contributed by atoms with van der Waals surface area (Å²) in [5.41, 5.74) is 0.684. The molecule has 0 unspecified atom stereocenters. The van der Waals surface area contributed by atoms with Crippen LogP contribution in [0.15, 0.2) is 16.8 Å². The Morgan fingerprint density at radius 2 is 2.30 bits per heavy atom. The highest BCUT2D eigenvalue weighted by Gasteiger charge is 2.15. The molecule has 0 fully saturated rings. The molecule has 1 rings (SSSR count). The van der Waals surface area contributed by atoms with E-state index < -0.39 is 22.1 Å². The second-order valence-corrected chi connectivity index (χ2v) is 6.85. The minimum absolute atomic E-state index is 0.0710. The number of hydrogen-bond acceptors (Lipinski definition) is 6. The second-order valence-electron chi connectivity index (χ2n) is 4.15. The molecule has 0 aromatic carbocycles. The second kappa shape index (κ2) is 8.35. The average molecular weight is 321 g/mol. The molecule has 1 aromatic rings. The Balaban J connectivity index is 2.29. The molecule has 114 valence electrons. The number of aliphatic hydroxyl groups excluding tert-OH is 1. The number of esters is 1. The fourth-order valence-electron chi connectivity index (χ4n) is 1.50. The van der Waals surface area contributed by atoms with E-state index >= 15 is 0 Å². The normalized spacial score (nSPS) is 13.1. The third kappa shape index (κ3) is 6.47. The van der Waals surface area contributed by atoms with Crippen molar-refractivity contribution in [1.82, 2.24) is 4.72 Å². The molecule has 6 nitrogen and oxygen atoms in total. The van der Waals surface area contributed by atoms with Crippen molar-refractivity contribution in [3.63, 3.8) is 0 Å². The molecule has 20 heavy (non-hydrogen) atoms. The number of thiophene rings is 1. The van der Waals surface area contributed by atoms with Crippen molar-refractivity contribution in [2.75, 3.05) is 18.9 Å². The highest BCUT2D eigenvalue weighted by Crippen LogP contribution is 2.15. The fourth-order valence-corrected chi connectivity index (χ4v) is 3.29. The molecule has 0 saturated carbocycles. The van der Waals surface area contributed by atoms with Crippen LogP contribution in [0.25, 0.3) is 0 Å². The van der Waals surface area contributed by atoms with E-state index in [-0.39, 0.29) is 31.7 Å². The first kappa shape index (κ1) is 17.1. The molecule has 8 heteroatoms. The Labute approximate surface area is 122 Å². The number of nitrogens with one attached hydrogen (secondary N) is 1. The smallest absolute Gasteiger partial charge is 0.305 e. The van der Waals surface area contributed by atoms with Gasteiger partial charge in [0.15, 0.2) is 0 Å². The van der Waals surface area contributed by atoms with Gasteiger partial charge in [0.25, 0.3) is 0 Å². The van der Waals surface area contributed by atoms with Crippen LogP contribution in [0.3, 0.4) is 0 Å². The number of rotatable bonds is 9. The monoisotopic (exact) mass is 321 g/mol. The summed E-state index contributed by atoms with van der Waals surface area (Å²) in [5.74, 6) is -0.566. The van der Waals surface area contributed by atoms with Crippen LogP contribution in [0.1, 0.15) is 31.4 Å². The van der Waals surface area contributed by atoms with E-state index in [2.05, 4.69) is 4.72 Å². The van der Waals surface area contributed by atoms with Crippen LogP contribution < -0.4 is 4.72 Å². The predicted molar refractivity (Wildman–Crippen MR) is 76.9 cm³/mol. The van der Waals surface area contributed by atoms with Crippen molar-refractivity contribution in [2.24, 2.45) is 0 Å². The van der Waals surface area contributed by atoms with Crippen molar-refractivity contribution >= 4 is 27.3 Å². The lowest BCUT2D eigenvalue weighted by Gasteiger charge is -2.11. The first-order valence-corrected chi connectivity index (χ1v) is 8.87. The minimum Gasteiger partial charge on any atom is -0.466 e. The highest BCUT2D eigenvalue weighted by molar-refractivity contribution is 7.89. The van der Waals surface area contributed by atoms with Gasteiger partial charge in [0, 0.05) is 13.0 Å². The van der Waals surface area contributed by atoms with Crippen LogP contribution in [0, 0.1) is 0 Å². The van der Waals surface area contributed by atoms with Crippen molar-refractivity contribution in [1.29, 1.82) is 0 Å². The zero-order chi connectivity index (χ0) is 15.0. The van der Waals surface area contributed by atoms with Gasteiger partial charge < -0.3 is 9.84 Å². The Morgan fingerprint density at radius 3 is 2.90 bits per heavy atom. The zero-order valence-electron chi connectivity index (χ0n) is 11.2. The van der Waals surface area contributed by atoms with E-state index in [0.717, 1.165) is 0 Å². The molecular weight excluding hydrogens is 302 g/mol. The molecule has 2 N–H and O–H groups in total. The van der Waals surface area contributed by atoms with Crippen LogP contribution in [-0.2, 0) is 19.6 Å². The lowest BCUT2D eigenvalue weighted by Crippen LogP contribution is -2.30. The number of ether oxygens (including phenoxy) is 1. The summed E-state index contributed by atoms with van der Waals surface area (Å²) < 4.78 is 30.4. The van der Waals surface area contributed by atoms with Gasteiger partial charge in [-0.1, -0.05) is 0 Å². The molecule has 0 amide bonds. The third-order valence-corrected chi connectivity index (χ3v) is 4.66. The molecule has 1 heterocycles. The van der Waals surface area contributed by atoms with Crippen molar-refractivity contribution in [3.05, 3.63) is 22.4 Å². The van der Waals surface area contributed by atoms with Gasteiger partial charge in [-0.05, 0) is 35.7 Å². The fraction of sp³-hybridized carbons (Fsp3) is 0.583. The van der Waals surface area contributed by atoms with Gasteiger partial charge in [-0.25, -0.2) is 13.1 Å². The number of aliphatic hydroxyl groups is 1. The Bertz CT molecular complexity index is 498. The first-order chi connectivity index (χ1) is 9.44. The van der Waals surface area contributed by atoms with Crippen LogP contribution >= 0.6 is 11.3 Å². The zero-order valence-corrected chi connectivity index (χ0v) is 12.9. The number of carbonyl (C=O) groups excluding carboxylic acids is 1. The maximum absolute atomic E-state index is 11.7. The lowest BCUT2D eigenvalue weighted by molar-refractivity contribution is -0.143. The molecule has 0 saturated heterocycles. The van der Waals surface area contributed by atoms with Gasteiger partial charge in [-0.15, -0.1) is 0 Å². The van der Waals surface area contributed by atoms with Crippen LogP contribution in [-0.4, -0.2) is 38.4 Å². The van der Waals surface area contributed by atoms with Crippen LogP contribution in [0.4, 0.5) is 0 Å².